The van der Waals surface area contributed by atoms with Crippen molar-refractivity contribution in [1.29, 1.82) is 0 Å². The van der Waals surface area contributed by atoms with Crippen LogP contribution in [0.5, 0.6) is 0 Å². The molecule has 4 heavy (non-hydrogen) atoms. The molecule has 0 amide bonds. The summed E-state index contributed by atoms with van der Waals surface area (Å²) in [5.41, 5.74) is 0. The molecule has 0 spiro atoms. The van der Waals surface area contributed by atoms with Crippen LogP contribution in [0.3, 0.4) is 0 Å². The van der Waals surface area contributed by atoms with Crippen LogP contribution in [0.25, 0.3) is 0 Å². The van der Waals surface area contributed by atoms with Crippen LogP contribution in [0.4, 0.5) is 0 Å². The minimum atomic E-state index is 0.833. The van der Waals surface area contributed by atoms with Crippen molar-refractivity contribution in [3.05, 3.63) is 0 Å². The Morgan fingerprint density at radius 2 is 1.00 bits per heavy atom. The van der Waals surface area contributed by atoms with Gasteiger partial charge in [-0.1, -0.05) is 0 Å². The number of hydrogen-bond donors (Lipinski definition) is 0. The standard InChI is InChI=1S/B.3Li. The van der Waals surface area contributed by atoms with Crippen molar-refractivity contribution in [2.75, 3.05) is 0 Å². The van der Waals surface area contributed by atoms with Crippen molar-refractivity contribution in [3.8, 4) is 0 Å². The Morgan fingerprint density at radius 3 is 1.00 bits per heavy atom. The summed E-state index contributed by atoms with van der Waals surface area (Å²) >= 11 is 6.50. The first-order chi connectivity index (χ1) is 1.73. The van der Waals surface area contributed by atoms with Gasteiger partial charge in [0.15, 0.2) is 0 Å². The van der Waals surface area contributed by atoms with E-state index in [-0.39, 0.29) is 0 Å². The quantitative estimate of drug-likeness (QED) is 0.284. The summed E-state index contributed by atoms with van der Waals surface area (Å²) < 4.78 is 0.833. The van der Waals surface area contributed by atoms with Gasteiger partial charge >= 0.3 is 55.0 Å². The van der Waals surface area contributed by atoms with E-state index in [1.165, 1.54) is 0 Å². The van der Waals surface area contributed by atoms with Crippen molar-refractivity contribution in [2.24, 2.45) is 0 Å². The summed E-state index contributed by atoms with van der Waals surface area (Å²) in [6, 6.07) is 0. The van der Waals surface area contributed by atoms with Crippen LogP contribution in [-0.4, -0.2) is 55.0 Å². The van der Waals surface area contributed by atoms with E-state index < -0.39 is 0 Å². The Balaban J connectivity index is 2.32. The predicted molar refractivity (Wildman–Crippen MR) is 23.0 cm³/mol. The molecule has 0 fully saturated rings. The first-order valence-electron chi connectivity index (χ1n) is 1.73. The van der Waals surface area contributed by atoms with Gasteiger partial charge in [-0.3, -0.25) is 0 Å². The molecule has 0 bridgehead atoms. The fraction of sp³-hybridized carbons (Fsp3) is 0. The Bertz CT molecular complexity index is 8.00. The average Bonchev–Trinajstić information content (AvgIpc) is 0.811. The van der Waals surface area contributed by atoms with Crippen molar-refractivity contribution in [3.63, 3.8) is 0 Å². The predicted octanol–water partition coefficient (Wildman–Crippen LogP) is -1.52. The van der Waals surface area contributed by atoms with E-state index in [2.05, 4.69) is 52.6 Å². The molecule has 0 heterocycles. The topological polar surface area (TPSA) is 0 Å². The third kappa shape index (κ3) is 9.13. The maximum absolute atomic E-state index is 2.17. The van der Waals surface area contributed by atoms with Crippen LogP contribution >= 0.6 is 0 Å². The van der Waals surface area contributed by atoms with E-state index in [1.807, 2.05) is 0 Å². The van der Waals surface area contributed by atoms with Crippen LogP contribution in [0, 0.1) is 0 Å². The van der Waals surface area contributed by atoms with Crippen LogP contribution in [0.15, 0.2) is 0 Å². The molecule has 0 atom stereocenters. The van der Waals surface area contributed by atoms with Crippen molar-refractivity contribution < 1.29 is 0 Å². The summed E-state index contributed by atoms with van der Waals surface area (Å²) in [5, 5.41) is 0. The van der Waals surface area contributed by atoms with Gasteiger partial charge in [-0.15, -0.1) is 0 Å². The third-order valence-electron chi connectivity index (χ3n) is 0. The normalized spacial score (nSPS) is 7.50. The second-order valence-electron chi connectivity index (χ2n) is 1.73. The van der Waals surface area contributed by atoms with Crippen LogP contribution in [0.2, 0.25) is 0 Å². The molecule has 0 aliphatic carbocycles. The second kappa shape index (κ2) is 3.06. The van der Waals surface area contributed by atoms with Gasteiger partial charge in [0.05, 0.1) is 0 Å². The molecule has 0 nitrogen and oxygen atoms in total. The van der Waals surface area contributed by atoms with Crippen molar-refractivity contribution >= 4 is 55.0 Å². The SMILES string of the molecule is [Li][B]([Li])[Li]. The molecule has 0 rings (SSSR count). The van der Waals surface area contributed by atoms with Gasteiger partial charge in [0.2, 0.25) is 0 Å². The summed E-state index contributed by atoms with van der Waals surface area (Å²) in [4.78, 5) is 0. The first kappa shape index (κ1) is 5.86. The molecule has 0 N–H and O–H groups in total. The Hall–Kier alpha value is 1.86. The molecular formula is BLi3. The van der Waals surface area contributed by atoms with Gasteiger partial charge in [-0.2, -0.15) is 0 Å². The molecule has 0 saturated heterocycles. The minimum absolute atomic E-state index is 0.833. The average molecular weight is 31.6 g/mol. The first-order valence-corrected chi connectivity index (χ1v) is 1.73. The second-order valence-corrected chi connectivity index (χ2v) is 1.73. The van der Waals surface area contributed by atoms with Gasteiger partial charge < -0.3 is 0 Å². The molecule has 6 valence electrons. The fourth-order valence-electron chi connectivity index (χ4n) is 0. The van der Waals surface area contributed by atoms with Crippen LogP contribution < -0.4 is 0 Å². The molecule has 0 aromatic rings. The summed E-state index contributed by atoms with van der Waals surface area (Å²) in [6.45, 7) is 0. The molecule has 4 heteroatoms. The third-order valence-corrected chi connectivity index (χ3v) is 0. The van der Waals surface area contributed by atoms with E-state index in [4.69, 9.17) is 0 Å². The molecule has 0 aliphatic heterocycles. The van der Waals surface area contributed by atoms with Gasteiger partial charge in [-0.05, 0) is 0 Å². The molecule has 0 saturated carbocycles. The fourth-order valence-corrected chi connectivity index (χ4v) is 0. The molecule has 0 unspecified atom stereocenters. The van der Waals surface area contributed by atoms with Gasteiger partial charge in [0, 0.05) is 0 Å². The molecule has 0 aromatic heterocycles. The zero-order chi connectivity index (χ0) is 3.58. The van der Waals surface area contributed by atoms with E-state index in [0.717, 1.165) is 2.42 Å². The van der Waals surface area contributed by atoms with Crippen LogP contribution in [0.1, 0.15) is 0 Å². The van der Waals surface area contributed by atoms with E-state index in [1.54, 1.807) is 0 Å². The van der Waals surface area contributed by atoms with Crippen LogP contribution in [-0.2, 0) is 0 Å². The van der Waals surface area contributed by atoms with E-state index in [0.29, 0.717) is 0 Å². The number of rotatable bonds is 0. The molecular weight excluding hydrogens is 31.6 g/mol. The van der Waals surface area contributed by atoms with Crippen molar-refractivity contribution in [1.82, 2.24) is 0 Å². The Morgan fingerprint density at radius 1 is 1.00 bits per heavy atom. The van der Waals surface area contributed by atoms with Gasteiger partial charge in [0.25, 0.3) is 0 Å². The zero-order valence-corrected chi connectivity index (χ0v) is 3.58. The summed E-state index contributed by atoms with van der Waals surface area (Å²) in [6.07, 6.45) is 0. The van der Waals surface area contributed by atoms with E-state index in [9.17, 15) is 0 Å². The maximum atomic E-state index is 2.17. The summed E-state index contributed by atoms with van der Waals surface area (Å²) in [7, 11) is 0. The van der Waals surface area contributed by atoms with Gasteiger partial charge in [-0.25, -0.2) is 0 Å². The number of hydrogen-bond acceptors (Lipinski definition) is 0. The molecule has 0 aromatic carbocycles. The van der Waals surface area contributed by atoms with Crippen molar-refractivity contribution in [2.45, 2.75) is 0 Å². The van der Waals surface area contributed by atoms with E-state index >= 15 is 0 Å². The Labute approximate surface area is 54.6 Å². The summed E-state index contributed by atoms with van der Waals surface area (Å²) in [5.74, 6) is 0. The molecule has 0 radical (unpaired) electrons. The molecule has 0 aliphatic rings. The van der Waals surface area contributed by atoms with Gasteiger partial charge in [0.1, 0.15) is 0 Å². The monoisotopic (exact) mass is 32.1 g/mol. The zero-order valence-electron chi connectivity index (χ0n) is 3.58. The Kier molecular flexibility index (Phi) is 4.49.